The minimum atomic E-state index is -4.43. The second-order valence-corrected chi connectivity index (χ2v) is 5.64. The van der Waals surface area contributed by atoms with Crippen LogP contribution in [0.3, 0.4) is 0 Å². The predicted molar refractivity (Wildman–Crippen MR) is 88.2 cm³/mol. The molecule has 0 fully saturated rings. The maximum Gasteiger partial charge on any atom is 0.416 e. The van der Waals surface area contributed by atoms with Crippen LogP contribution in [0.4, 0.5) is 30.2 Å². The van der Waals surface area contributed by atoms with Crippen LogP contribution in [0.1, 0.15) is 29.8 Å². The van der Waals surface area contributed by atoms with Crippen LogP contribution in [0, 0.1) is 0 Å². The number of nitrogens with one attached hydrogen (secondary N) is 2. The molecule has 0 atom stereocenters. The van der Waals surface area contributed by atoms with Crippen molar-refractivity contribution in [3.05, 3.63) is 53.6 Å². The highest BCUT2D eigenvalue weighted by molar-refractivity contribution is 6.01. The van der Waals surface area contributed by atoms with E-state index in [2.05, 4.69) is 10.6 Å². The average Bonchev–Trinajstić information content (AvgIpc) is 2.48. The van der Waals surface area contributed by atoms with Gasteiger partial charge < -0.3 is 16.4 Å². The first-order chi connectivity index (χ1) is 11.2. The molecule has 2 rings (SSSR count). The first-order valence-corrected chi connectivity index (χ1v) is 7.31. The maximum absolute atomic E-state index is 12.8. The molecular weight excluding hydrogens is 319 g/mol. The minimum absolute atomic E-state index is 0.0830. The summed E-state index contributed by atoms with van der Waals surface area (Å²) in [7, 11) is 0. The second-order valence-electron chi connectivity index (χ2n) is 5.64. The number of hydrogen-bond acceptors (Lipinski definition) is 3. The Bertz CT molecular complexity index is 742. The molecule has 0 unspecified atom stereocenters. The third-order valence-electron chi connectivity index (χ3n) is 3.18. The summed E-state index contributed by atoms with van der Waals surface area (Å²) in [5.41, 5.74) is 6.21. The lowest BCUT2D eigenvalue weighted by molar-refractivity contribution is -0.137. The highest BCUT2D eigenvalue weighted by Gasteiger charge is 2.30. The number of anilines is 3. The molecule has 0 saturated carbocycles. The van der Waals surface area contributed by atoms with Crippen molar-refractivity contribution in [1.82, 2.24) is 5.32 Å². The van der Waals surface area contributed by atoms with Crippen molar-refractivity contribution in [2.24, 2.45) is 0 Å². The SMILES string of the molecule is CC(C)NC(=O)c1cc(N)ccc1Nc1cccc(C(F)(F)F)c1. The van der Waals surface area contributed by atoms with Gasteiger partial charge in [-0.2, -0.15) is 13.2 Å². The molecule has 128 valence electrons. The monoisotopic (exact) mass is 337 g/mol. The first kappa shape index (κ1) is 17.7. The van der Waals surface area contributed by atoms with Crippen molar-refractivity contribution in [2.45, 2.75) is 26.1 Å². The molecule has 0 aromatic heterocycles. The van der Waals surface area contributed by atoms with Crippen LogP contribution in [0.15, 0.2) is 42.5 Å². The summed E-state index contributed by atoms with van der Waals surface area (Å²) >= 11 is 0. The van der Waals surface area contributed by atoms with Crippen LogP contribution < -0.4 is 16.4 Å². The van der Waals surface area contributed by atoms with Crippen molar-refractivity contribution in [3.63, 3.8) is 0 Å². The van der Waals surface area contributed by atoms with E-state index in [0.29, 0.717) is 11.4 Å². The van der Waals surface area contributed by atoms with Crippen molar-refractivity contribution in [2.75, 3.05) is 11.1 Å². The Balaban J connectivity index is 2.35. The largest absolute Gasteiger partial charge is 0.416 e. The van der Waals surface area contributed by atoms with Gasteiger partial charge in [-0.3, -0.25) is 4.79 Å². The van der Waals surface area contributed by atoms with E-state index in [4.69, 9.17) is 5.73 Å². The fraction of sp³-hybridized carbons (Fsp3) is 0.235. The number of halogens is 3. The summed E-state index contributed by atoms with van der Waals surface area (Å²) in [5.74, 6) is -0.355. The molecule has 4 N–H and O–H groups in total. The zero-order chi connectivity index (χ0) is 17.9. The van der Waals surface area contributed by atoms with Gasteiger partial charge in [0, 0.05) is 17.4 Å². The Labute approximate surface area is 137 Å². The molecule has 4 nitrogen and oxygen atoms in total. The number of amides is 1. The van der Waals surface area contributed by atoms with Gasteiger partial charge in [0.05, 0.1) is 16.8 Å². The van der Waals surface area contributed by atoms with Crippen molar-refractivity contribution in [1.29, 1.82) is 0 Å². The summed E-state index contributed by atoms with van der Waals surface area (Å²) in [6, 6.07) is 9.30. The topological polar surface area (TPSA) is 67.2 Å². The molecule has 0 aliphatic carbocycles. The van der Waals surface area contributed by atoms with Gasteiger partial charge in [0.15, 0.2) is 0 Å². The van der Waals surface area contributed by atoms with Crippen LogP contribution in [0.5, 0.6) is 0 Å². The maximum atomic E-state index is 12.8. The summed E-state index contributed by atoms with van der Waals surface area (Å²) in [4.78, 5) is 12.3. The van der Waals surface area contributed by atoms with E-state index in [0.717, 1.165) is 12.1 Å². The minimum Gasteiger partial charge on any atom is -0.399 e. The molecule has 0 spiro atoms. The van der Waals surface area contributed by atoms with E-state index >= 15 is 0 Å². The van der Waals surface area contributed by atoms with Gasteiger partial charge in [-0.15, -0.1) is 0 Å². The van der Waals surface area contributed by atoms with Crippen molar-refractivity contribution in [3.8, 4) is 0 Å². The molecule has 0 bridgehead atoms. The van der Waals surface area contributed by atoms with Gasteiger partial charge in [0.1, 0.15) is 0 Å². The molecule has 24 heavy (non-hydrogen) atoms. The summed E-state index contributed by atoms with van der Waals surface area (Å²) in [6.07, 6.45) is -4.43. The van der Waals surface area contributed by atoms with E-state index < -0.39 is 11.7 Å². The van der Waals surface area contributed by atoms with Gasteiger partial charge >= 0.3 is 6.18 Å². The molecule has 1 amide bonds. The van der Waals surface area contributed by atoms with Gasteiger partial charge in [0.2, 0.25) is 0 Å². The van der Waals surface area contributed by atoms with Crippen molar-refractivity contribution >= 4 is 23.0 Å². The van der Waals surface area contributed by atoms with E-state index in [1.54, 1.807) is 12.1 Å². The zero-order valence-electron chi connectivity index (χ0n) is 13.2. The molecule has 0 radical (unpaired) electrons. The predicted octanol–water partition coefficient (Wildman–Crippen LogP) is 4.17. The van der Waals surface area contributed by atoms with Gasteiger partial charge in [-0.1, -0.05) is 6.07 Å². The lowest BCUT2D eigenvalue weighted by Gasteiger charge is -2.15. The lowest BCUT2D eigenvalue weighted by Crippen LogP contribution is -2.30. The van der Waals surface area contributed by atoms with E-state index in [9.17, 15) is 18.0 Å². The Morgan fingerprint density at radius 2 is 1.83 bits per heavy atom. The number of nitrogens with two attached hydrogens (primary N) is 1. The van der Waals surface area contributed by atoms with E-state index in [-0.39, 0.29) is 23.2 Å². The van der Waals surface area contributed by atoms with Gasteiger partial charge in [-0.05, 0) is 50.2 Å². The fourth-order valence-electron chi connectivity index (χ4n) is 2.13. The van der Waals surface area contributed by atoms with Crippen molar-refractivity contribution < 1.29 is 18.0 Å². The average molecular weight is 337 g/mol. The quantitative estimate of drug-likeness (QED) is 0.734. The molecular formula is C17H18F3N3O. The third-order valence-corrected chi connectivity index (χ3v) is 3.18. The first-order valence-electron chi connectivity index (χ1n) is 7.31. The Morgan fingerprint density at radius 3 is 2.46 bits per heavy atom. The summed E-state index contributed by atoms with van der Waals surface area (Å²) < 4.78 is 38.4. The summed E-state index contributed by atoms with van der Waals surface area (Å²) in [5, 5.41) is 5.58. The summed E-state index contributed by atoms with van der Waals surface area (Å²) in [6.45, 7) is 3.62. The molecule has 2 aromatic rings. The molecule has 2 aromatic carbocycles. The van der Waals surface area contributed by atoms with E-state index in [1.165, 1.54) is 18.2 Å². The standard InChI is InChI=1S/C17H18F3N3O/c1-10(2)22-16(24)14-9-12(21)6-7-15(14)23-13-5-3-4-11(8-13)17(18,19)20/h3-10,23H,21H2,1-2H3,(H,22,24). The van der Waals surface area contributed by atoms with Crippen LogP contribution >= 0.6 is 0 Å². The van der Waals surface area contributed by atoms with Crippen LogP contribution in [-0.4, -0.2) is 11.9 Å². The molecule has 0 heterocycles. The third kappa shape index (κ3) is 4.41. The number of hydrogen-bond donors (Lipinski definition) is 3. The second kappa shape index (κ2) is 6.82. The van der Waals surface area contributed by atoms with Crippen LogP contribution in [0.2, 0.25) is 0 Å². The number of carbonyl (C=O) groups is 1. The van der Waals surface area contributed by atoms with Gasteiger partial charge in [-0.25, -0.2) is 0 Å². The number of carbonyl (C=O) groups excluding carboxylic acids is 1. The number of rotatable bonds is 4. The zero-order valence-corrected chi connectivity index (χ0v) is 13.2. The molecule has 7 heteroatoms. The lowest BCUT2D eigenvalue weighted by atomic mass is 10.1. The Hall–Kier alpha value is -2.70. The molecule has 0 saturated heterocycles. The van der Waals surface area contributed by atoms with E-state index in [1.807, 2.05) is 13.8 Å². The Kier molecular flexibility index (Phi) is 5.02. The van der Waals surface area contributed by atoms with Gasteiger partial charge in [0.25, 0.3) is 5.91 Å². The fourth-order valence-corrected chi connectivity index (χ4v) is 2.13. The van der Waals surface area contributed by atoms with Crippen LogP contribution in [-0.2, 0) is 6.18 Å². The molecule has 0 aliphatic rings. The Morgan fingerprint density at radius 1 is 1.12 bits per heavy atom. The highest BCUT2D eigenvalue weighted by Crippen LogP contribution is 2.32. The number of nitrogen functional groups attached to an aromatic ring is 1. The number of benzene rings is 2. The smallest absolute Gasteiger partial charge is 0.399 e. The van der Waals surface area contributed by atoms with Crippen LogP contribution in [0.25, 0.3) is 0 Å². The highest BCUT2D eigenvalue weighted by atomic mass is 19.4. The normalized spacial score (nSPS) is 11.4. The molecule has 0 aliphatic heterocycles. The number of alkyl halides is 3.